The molecule has 1 fully saturated rings. The van der Waals surface area contributed by atoms with E-state index in [-0.39, 0.29) is 0 Å². The van der Waals surface area contributed by atoms with Gasteiger partial charge in [0.25, 0.3) is 0 Å². The monoisotopic (exact) mass is 249 g/mol. The van der Waals surface area contributed by atoms with Crippen LogP contribution in [-0.4, -0.2) is 32.8 Å². The largest absolute Gasteiger partial charge is 0.334 e. The molecule has 0 N–H and O–H groups in total. The molecule has 1 aliphatic rings. The molecule has 1 aromatic heterocycles. The van der Waals surface area contributed by atoms with Gasteiger partial charge in [0.2, 0.25) is 0 Å². The number of Topliss-reactive ketones (excluding diaryl/α,β-unsaturated/α-hetero) is 1. The smallest absolute Gasteiger partial charge is 0.131 e. The van der Waals surface area contributed by atoms with E-state index in [0.717, 1.165) is 31.9 Å². The van der Waals surface area contributed by atoms with E-state index < -0.39 is 0 Å². The van der Waals surface area contributed by atoms with Gasteiger partial charge in [0.05, 0.1) is 6.54 Å². The Bertz CT molecular complexity index is 399. The maximum absolute atomic E-state index is 11.3. The third-order valence-corrected chi connectivity index (χ3v) is 3.76. The predicted molar refractivity (Wildman–Crippen MR) is 71.2 cm³/mol. The van der Waals surface area contributed by atoms with E-state index in [1.165, 1.54) is 12.8 Å². The van der Waals surface area contributed by atoms with Gasteiger partial charge in [0.15, 0.2) is 0 Å². The maximum atomic E-state index is 11.3. The lowest BCUT2D eigenvalue weighted by Gasteiger charge is -2.35. The first-order chi connectivity index (χ1) is 8.70. The average Bonchev–Trinajstić information content (AvgIpc) is 2.78. The van der Waals surface area contributed by atoms with Crippen molar-refractivity contribution >= 4 is 5.78 Å². The van der Waals surface area contributed by atoms with Gasteiger partial charge in [-0.1, -0.05) is 6.42 Å². The first-order valence-corrected chi connectivity index (χ1v) is 6.94. The van der Waals surface area contributed by atoms with Crippen LogP contribution in [0.4, 0.5) is 0 Å². The van der Waals surface area contributed by atoms with E-state index >= 15 is 0 Å². The summed E-state index contributed by atoms with van der Waals surface area (Å²) in [7, 11) is 0. The van der Waals surface area contributed by atoms with Crippen molar-refractivity contribution in [2.75, 3.05) is 6.54 Å². The lowest BCUT2D eigenvalue weighted by molar-refractivity contribution is -0.118. The van der Waals surface area contributed by atoms with Gasteiger partial charge in [-0.2, -0.15) is 0 Å². The first kappa shape index (κ1) is 13.3. The second-order valence-electron chi connectivity index (χ2n) is 5.16. The lowest BCUT2D eigenvalue weighted by atomic mass is 9.98. The zero-order valence-corrected chi connectivity index (χ0v) is 11.4. The molecule has 0 spiro atoms. The van der Waals surface area contributed by atoms with Crippen LogP contribution in [0.15, 0.2) is 12.4 Å². The molecule has 0 aromatic carbocycles. The molecule has 0 saturated carbocycles. The summed E-state index contributed by atoms with van der Waals surface area (Å²) in [6.45, 7) is 6.75. The number of piperidine rings is 1. The number of carbonyl (C=O) groups is 1. The molecule has 1 aromatic rings. The standard InChI is InChI=1S/C14H23N3O/c1-3-16-9-7-15-14(16)11-17-8-5-4-6-13(17)10-12(2)18/h7,9,13H,3-6,8,10-11H2,1-2H3. The minimum Gasteiger partial charge on any atom is -0.334 e. The number of likely N-dealkylation sites (tertiary alicyclic amines) is 1. The quantitative estimate of drug-likeness (QED) is 0.803. The molecule has 1 unspecified atom stereocenters. The molecule has 4 heteroatoms. The van der Waals surface area contributed by atoms with Gasteiger partial charge in [-0.25, -0.2) is 4.98 Å². The van der Waals surface area contributed by atoms with E-state index in [2.05, 4.69) is 21.4 Å². The molecule has 0 radical (unpaired) electrons. The van der Waals surface area contributed by atoms with Crippen molar-refractivity contribution in [3.63, 3.8) is 0 Å². The van der Waals surface area contributed by atoms with Crippen LogP contribution < -0.4 is 0 Å². The molecular weight excluding hydrogens is 226 g/mol. The van der Waals surface area contributed by atoms with Crippen molar-refractivity contribution in [3.05, 3.63) is 18.2 Å². The highest BCUT2D eigenvalue weighted by atomic mass is 16.1. The number of imidazole rings is 1. The molecule has 18 heavy (non-hydrogen) atoms. The fourth-order valence-electron chi connectivity index (χ4n) is 2.79. The summed E-state index contributed by atoms with van der Waals surface area (Å²) >= 11 is 0. The highest BCUT2D eigenvalue weighted by Gasteiger charge is 2.24. The molecule has 4 nitrogen and oxygen atoms in total. The second-order valence-corrected chi connectivity index (χ2v) is 5.16. The van der Waals surface area contributed by atoms with Gasteiger partial charge in [0.1, 0.15) is 11.6 Å². The third kappa shape index (κ3) is 3.19. The number of carbonyl (C=O) groups excluding carboxylic acids is 1. The summed E-state index contributed by atoms with van der Waals surface area (Å²) in [6.07, 6.45) is 8.21. The number of hydrogen-bond acceptors (Lipinski definition) is 3. The van der Waals surface area contributed by atoms with Crippen LogP contribution in [0.3, 0.4) is 0 Å². The van der Waals surface area contributed by atoms with Crippen LogP contribution in [-0.2, 0) is 17.9 Å². The Morgan fingerprint density at radius 1 is 1.50 bits per heavy atom. The molecule has 0 aliphatic carbocycles. The highest BCUT2D eigenvalue weighted by Crippen LogP contribution is 2.21. The van der Waals surface area contributed by atoms with E-state index in [1.807, 2.05) is 12.4 Å². The summed E-state index contributed by atoms with van der Waals surface area (Å²) in [5.74, 6) is 1.42. The first-order valence-electron chi connectivity index (χ1n) is 6.94. The molecule has 1 atom stereocenters. The predicted octanol–water partition coefficient (Wildman–Crippen LogP) is 2.24. The van der Waals surface area contributed by atoms with E-state index in [0.29, 0.717) is 18.2 Å². The molecule has 1 aliphatic heterocycles. The SMILES string of the molecule is CCn1ccnc1CN1CCCCC1CC(C)=O. The lowest BCUT2D eigenvalue weighted by Crippen LogP contribution is -2.40. The van der Waals surface area contributed by atoms with Gasteiger partial charge >= 0.3 is 0 Å². The molecular formula is C14H23N3O. The summed E-state index contributed by atoms with van der Waals surface area (Å²) in [4.78, 5) is 18.2. The zero-order valence-electron chi connectivity index (χ0n) is 11.4. The molecule has 2 heterocycles. The molecule has 1 saturated heterocycles. The molecule has 2 rings (SSSR count). The topological polar surface area (TPSA) is 38.1 Å². The summed E-state index contributed by atoms with van der Waals surface area (Å²) in [5, 5.41) is 0. The average molecular weight is 249 g/mol. The zero-order chi connectivity index (χ0) is 13.0. The fraction of sp³-hybridized carbons (Fsp3) is 0.714. The van der Waals surface area contributed by atoms with Crippen molar-refractivity contribution < 1.29 is 4.79 Å². The number of hydrogen-bond donors (Lipinski definition) is 0. The number of ketones is 1. The number of nitrogens with zero attached hydrogens (tertiary/aromatic N) is 3. The Morgan fingerprint density at radius 3 is 3.06 bits per heavy atom. The minimum atomic E-state index is 0.297. The second kappa shape index (κ2) is 6.14. The Balaban J connectivity index is 2.03. The van der Waals surface area contributed by atoms with Crippen molar-refractivity contribution in [1.29, 1.82) is 0 Å². The Kier molecular flexibility index (Phi) is 4.53. The van der Waals surface area contributed by atoms with Gasteiger partial charge in [-0.05, 0) is 33.2 Å². The van der Waals surface area contributed by atoms with Crippen LogP contribution in [0.25, 0.3) is 0 Å². The Morgan fingerprint density at radius 2 is 2.33 bits per heavy atom. The maximum Gasteiger partial charge on any atom is 0.131 e. The third-order valence-electron chi connectivity index (χ3n) is 3.76. The minimum absolute atomic E-state index is 0.297. The van der Waals surface area contributed by atoms with Gasteiger partial charge in [0, 0.05) is 31.4 Å². The van der Waals surface area contributed by atoms with Crippen LogP contribution in [0, 0.1) is 0 Å². The van der Waals surface area contributed by atoms with Crippen LogP contribution in [0.2, 0.25) is 0 Å². The molecule has 0 bridgehead atoms. The van der Waals surface area contributed by atoms with Crippen molar-refractivity contribution in [1.82, 2.24) is 14.5 Å². The number of rotatable bonds is 5. The van der Waals surface area contributed by atoms with Crippen molar-refractivity contribution in [2.24, 2.45) is 0 Å². The van der Waals surface area contributed by atoms with Gasteiger partial charge in [-0.15, -0.1) is 0 Å². The van der Waals surface area contributed by atoms with E-state index in [9.17, 15) is 4.79 Å². The molecule has 0 amide bonds. The van der Waals surface area contributed by atoms with Crippen molar-refractivity contribution in [3.8, 4) is 0 Å². The fourth-order valence-corrected chi connectivity index (χ4v) is 2.79. The van der Waals surface area contributed by atoms with Crippen LogP contribution in [0.1, 0.15) is 45.4 Å². The normalized spacial score (nSPS) is 21.1. The van der Waals surface area contributed by atoms with E-state index in [1.54, 1.807) is 6.92 Å². The number of aryl methyl sites for hydroxylation is 1. The summed E-state index contributed by atoms with van der Waals surface area (Å²) in [6, 6.07) is 0.415. The van der Waals surface area contributed by atoms with Crippen LogP contribution in [0.5, 0.6) is 0 Å². The van der Waals surface area contributed by atoms with Crippen molar-refractivity contribution in [2.45, 2.75) is 58.7 Å². The number of aromatic nitrogens is 2. The summed E-state index contributed by atoms with van der Waals surface area (Å²) < 4.78 is 2.18. The highest BCUT2D eigenvalue weighted by molar-refractivity contribution is 5.76. The Hall–Kier alpha value is -1.16. The van der Waals surface area contributed by atoms with Gasteiger partial charge in [-0.3, -0.25) is 9.69 Å². The van der Waals surface area contributed by atoms with Crippen LogP contribution >= 0.6 is 0 Å². The molecule has 100 valence electrons. The van der Waals surface area contributed by atoms with E-state index in [4.69, 9.17) is 0 Å². The van der Waals surface area contributed by atoms with Gasteiger partial charge < -0.3 is 4.57 Å². The Labute approximate surface area is 109 Å². The summed E-state index contributed by atoms with van der Waals surface area (Å²) in [5.41, 5.74) is 0.